The second kappa shape index (κ2) is 7.58. The molecular formula is C37H29BO3. The second-order valence-corrected chi connectivity index (χ2v) is 12.7. The number of hydrogen-bond donors (Lipinski definition) is 0. The summed E-state index contributed by atoms with van der Waals surface area (Å²) in [4.78, 5) is 0. The maximum atomic E-state index is 6.67. The highest BCUT2D eigenvalue weighted by atomic mass is 16.7. The molecule has 9 rings (SSSR count). The van der Waals surface area contributed by atoms with Crippen molar-refractivity contribution in [2.24, 2.45) is 0 Å². The summed E-state index contributed by atoms with van der Waals surface area (Å²) in [6.45, 7) is 8.44. The van der Waals surface area contributed by atoms with Gasteiger partial charge in [0, 0.05) is 16.3 Å². The molecule has 1 aromatic heterocycles. The van der Waals surface area contributed by atoms with Gasteiger partial charge in [0.25, 0.3) is 0 Å². The minimum absolute atomic E-state index is 0.412. The smallest absolute Gasteiger partial charge is 0.455 e. The van der Waals surface area contributed by atoms with E-state index < -0.39 is 23.7 Å². The normalized spacial score (nSPS) is 18.6. The van der Waals surface area contributed by atoms with Crippen LogP contribution in [-0.2, 0) is 14.7 Å². The van der Waals surface area contributed by atoms with Crippen molar-refractivity contribution in [3.05, 3.63) is 125 Å². The lowest BCUT2D eigenvalue weighted by molar-refractivity contribution is 0.00578. The van der Waals surface area contributed by atoms with Crippen molar-refractivity contribution in [1.29, 1.82) is 0 Å². The maximum Gasteiger partial charge on any atom is 0.494 e. The molecule has 0 radical (unpaired) electrons. The average Bonchev–Trinajstić information content (AvgIpc) is 3.65. The molecule has 0 N–H and O–H groups in total. The quantitative estimate of drug-likeness (QED) is 0.200. The Labute approximate surface area is 239 Å². The van der Waals surface area contributed by atoms with Gasteiger partial charge in [-0.15, -0.1) is 0 Å². The molecule has 2 heterocycles. The molecule has 0 unspecified atom stereocenters. The molecule has 2 aliphatic carbocycles. The van der Waals surface area contributed by atoms with Crippen LogP contribution >= 0.6 is 0 Å². The Morgan fingerprint density at radius 3 is 1.88 bits per heavy atom. The number of benzene rings is 5. The highest BCUT2D eigenvalue weighted by Gasteiger charge is 2.55. The van der Waals surface area contributed by atoms with Crippen LogP contribution in [0.2, 0.25) is 0 Å². The Bertz CT molecular complexity index is 2020. The summed E-state index contributed by atoms with van der Waals surface area (Å²) in [5.41, 5.74) is 11.7. The fourth-order valence-electron chi connectivity index (χ4n) is 7.55. The third kappa shape index (κ3) is 2.77. The van der Waals surface area contributed by atoms with Crippen LogP contribution in [0.15, 0.2) is 108 Å². The van der Waals surface area contributed by atoms with Crippen LogP contribution in [-0.4, -0.2) is 18.3 Å². The van der Waals surface area contributed by atoms with Crippen LogP contribution in [0.1, 0.15) is 49.9 Å². The minimum Gasteiger partial charge on any atom is -0.455 e. The van der Waals surface area contributed by atoms with E-state index in [0.717, 1.165) is 27.4 Å². The fraction of sp³-hybridized carbons (Fsp3) is 0.189. The van der Waals surface area contributed by atoms with Crippen molar-refractivity contribution >= 4 is 34.5 Å². The molecule has 6 aromatic rings. The first-order chi connectivity index (χ1) is 19.8. The van der Waals surface area contributed by atoms with Crippen LogP contribution in [0.3, 0.4) is 0 Å². The zero-order chi connectivity index (χ0) is 27.7. The Morgan fingerprint density at radius 2 is 1.17 bits per heavy atom. The molecule has 0 bridgehead atoms. The maximum absolute atomic E-state index is 6.67. The van der Waals surface area contributed by atoms with Gasteiger partial charge in [0.2, 0.25) is 0 Å². The molecule has 4 heteroatoms. The summed E-state index contributed by atoms with van der Waals surface area (Å²) >= 11 is 0. The second-order valence-electron chi connectivity index (χ2n) is 12.7. The zero-order valence-corrected chi connectivity index (χ0v) is 23.6. The summed E-state index contributed by atoms with van der Waals surface area (Å²) < 4.78 is 19.8. The van der Waals surface area contributed by atoms with E-state index in [-0.39, 0.29) is 0 Å². The molecule has 5 aromatic carbocycles. The van der Waals surface area contributed by atoms with E-state index in [4.69, 9.17) is 13.7 Å². The predicted molar refractivity (Wildman–Crippen MR) is 166 cm³/mol. The van der Waals surface area contributed by atoms with Crippen LogP contribution < -0.4 is 5.46 Å². The van der Waals surface area contributed by atoms with Crippen LogP contribution in [0.4, 0.5) is 0 Å². The lowest BCUT2D eigenvalue weighted by Gasteiger charge is -2.32. The molecule has 3 nitrogen and oxygen atoms in total. The topological polar surface area (TPSA) is 31.6 Å². The zero-order valence-electron chi connectivity index (χ0n) is 23.6. The first-order valence-electron chi connectivity index (χ1n) is 14.5. The molecule has 1 spiro atoms. The predicted octanol–water partition coefficient (Wildman–Crippen LogP) is 8.23. The van der Waals surface area contributed by atoms with Crippen molar-refractivity contribution in [2.75, 3.05) is 0 Å². The molecule has 1 fully saturated rings. The van der Waals surface area contributed by atoms with E-state index in [9.17, 15) is 0 Å². The van der Waals surface area contributed by atoms with Gasteiger partial charge in [-0.25, -0.2) is 0 Å². The number of fused-ring (bicyclic) bond motifs is 14. The van der Waals surface area contributed by atoms with Crippen molar-refractivity contribution in [3.63, 3.8) is 0 Å². The van der Waals surface area contributed by atoms with E-state index in [1.165, 1.54) is 44.5 Å². The number of furan rings is 1. The van der Waals surface area contributed by atoms with Crippen LogP contribution in [0.5, 0.6) is 0 Å². The Balaban J connectivity index is 1.40. The van der Waals surface area contributed by atoms with Crippen molar-refractivity contribution in [1.82, 2.24) is 0 Å². The summed E-state index contributed by atoms with van der Waals surface area (Å²) in [5, 5.41) is 2.30. The first-order valence-corrected chi connectivity index (χ1v) is 14.5. The summed E-state index contributed by atoms with van der Waals surface area (Å²) in [7, 11) is -0.441. The molecule has 41 heavy (non-hydrogen) atoms. The molecule has 1 aliphatic heterocycles. The summed E-state index contributed by atoms with van der Waals surface area (Å²) in [6.07, 6.45) is 0. The van der Waals surface area contributed by atoms with E-state index in [1.54, 1.807) is 0 Å². The largest absolute Gasteiger partial charge is 0.494 e. The highest BCUT2D eigenvalue weighted by molar-refractivity contribution is 6.62. The van der Waals surface area contributed by atoms with Gasteiger partial charge < -0.3 is 13.7 Å². The Hall–Kier alpha value is -4.12. The number of rotatable bonds is 1. The van der Waals surface area contributed by atoms with Gasteiger partial charge in [-0.1, -0.05) is 97.1 Å². The van der Waals surface area contributed by atoms with E-state index in [0.29, 0.717) is 0 Å². The van der Waals surface area contributed by atoms with E-state index in [1.807, 2.05) is 6.07 Å². The van der Waals surface area contributed by atoms with Gasteiger partial charge in [-0.05, 0) is 78.2 Å². The first kappa shape index (κ1) is 23.6. The lowest BCUT2D eigenvalue weighted by atomic mass is 9.68. The monoisotopic (exact) mass is 532 g/mol. The van der Waals surface area contributed by atoms with Crippen LogP contribution in [0, 0.1) is 0 Å². The third-order valence-corrected chi connectivity index (χ3v) is 10.1. The highest BCUT2D eigenvalue weighted by Crippen LogP contribution is 2.63. The van der Waals surface area contributed by atoms with E-state index in [2.05, 4.69) is 125 Å². The summed E-state index contributed by atoms with van der Waals surface area (Å²) in [6, 6.07) is 37.5. The van der Waals surface area contributed by atoms with Gasteiger partial charge in [-0.3, -0.25) is 0 Å². The molecule has 1 saturated heterocycles. The number of para-hydroxylation sites is 1. The van der Waals surface area contributed by atoms with Gasteiger partial charge in [0.15, 0.2) is 0 Å². The summed E-state index contributed by atoms with van der Waals surface area (Å²) in [5.74, 6) is 0. The van der Waals surface area contributed by atoms with Gasteiger partial charge in [0.05, 0.1) is 16.6 Å². The molecule has 0 atom stereocenters. The van der Waals surface area contributed by atoms with Crippen molar-refractivity contribution in [2.45, 2.75) is 44.3 Å². The molecular weight excluding hydrogens is 503 g/mol. The lowest BCUT2D eigenvalue weighted by Crippen LogP contribution is -2.41. The van der Waals surface area contributed by atoms with E-state index >= 15 is 0 Å². The molecule has 3 aliphatic rings. The molecule has 198 valence electrons. The van der Waals surface area contributed by atoms with Gasteiger partial charge in [0.1, 0.15) is 11.2 Å². The van der Waals surface area contributed by atoms with Crippen molar-refractivity contribution < 1.29 is 13.7 Å². The SMILES string of the molecule is CC1(C)OB(c2ccc3c(c2)C2(c4ccccc4-c4ccccc42)c2ccc4c(oc5ccccc54)c2-3)OC1(C)C. The van der Waals surface area contributed by atoms with Crippen LogP contribution in [0.25, 0.3) is 44.2 Å². The Kier molecular flexibility index (Phi) is 4.36. The molecule has 0 amide bonds. The van der Waals surface area contributed by atoms with Gasteiger partial charge >= 0.3 is 7.12 Å². The minimum atomic E-state index is -0.468. The average molecular weight is 532 g/mol. The Morgan fingerprint density at radius 1 is 0.537 bits per heavy atom. The standard InChI is InChI=1S/C37H29BO3/c1-35(2)36(3,4)41-38(40-35)22-17-18-27-31(21-22)37(28-14-8-5-11-23(28)24-12-6-9-15-29(24)37)30-20-19-26-25-13-7-10-16-32(25)39-34(26)33(27)30/h5-21H,1-4H3. The third-order valence-electron chi connectivity index (χ3n) is 10.1. The fourth-order valence-corrected chi connectivity index (χ4v) is 7.55. The van der Waals surface area contributed by atoms with Crippen molar-refractivity contribution in [3.8, 4) is 22.3 Å². The molecule has 0 saturated carbocycles. The number of hydrogen-bond acceptors (Lipinski definition) is 3. The van der Waals surface area contributed by atoms with Gasteiger partial charge in [-0.2, -0.15) is 0 Å².